The maximum atomic E-state index is 12.2. The van der Waals surface area contributed by atoms with Crippen LogP contribution in [-0.2, 0) is 9.59 Å². The first kappa shape index (κ1) is 22.5. The van der Waals surface area contributed by atoms with Crippen LogP contribution in [0.3, 0.4) is 0 Å². The molecule has 0 saturated carbocycles. The lowest BCUT2D eigenvalue weighted by molar-refractivity contribution is -0.118. The van der Waals surface area contributed by atoms with Crippen molar-refractivity contribution < 1.29 is 14.7 Å². The summed E-state index contributed by atoms with van der Waals surface area (Å²) in [6, 6.07) is 12.2. The average molecular weight is 419 g/mol. The number of aliphatic imine (C=N–C) groups is 1. The maximum Gasteiger partial charge on any atom is 0.206 e. The first-order valence-electron chi connectivity index (χ1n) is 10.6. The van der Waals surface area contributed by atoms with Crippen molar-refractivity contribution in [3.8, 4) is 11.6 Å². The summed E-state index contributed by atoms with van der Waals surface area (Å²) in [5.74, 6) is 0.205. The first-order chi connectivity index (χ1) is 14.7. The van der Waals surface area contributed by atoms with Gasteiger partial charge in [0, 0.05) is 29.6 Å². The van der Waals surface area contributed by atoms with Gasteiger partial charge >= 0.3 is 0 Å². The van der Waals surface area contributed by atoms with Crippen LogP contribution >= 0.6 is 0 Å². The zero-order valence-electron chi connectivity index (χ0n) is 19.0. The van der Waals surface area contributed by atoms with Crippen molar-refractivity contribution in [3.63, 3.8) is 0 Å². The molecule has 0 spiro atoms. The highest BCUT2D eigenvalue weighted by atomic mass is 16.3. The van der Waals surface area contributed by atoms with Crippen molar-refractivity contribution in [2.75, 3.05) is 6.54 Å². The molecule has 1 aromatic heterocycles. The van der Waals surface area contributed by atoms with Gasteiger partial charge in [0.1, 0.15) is 5.78 Å². The Morgan fingerprint density at radius 2 is 1.61 bits per heavy atom. The number of hydrogen-bond donors (Lipinski definition) is 1. The van der Waals surface area contributed by atoms with E-state index in [0.717, 1.165) is 33.3 Å². The molecule has 3 rings (SSSR count). The highest BCUT2D eigenvalue weighted by molar-refractivity contribution is 6.13. The number of Topliss-reactive ketones (excluding diaryl/α,β-unsaturated/α-hetero) is 2. The van der Waals surface area contributed by atoms with Crippen LogP contribution < -0.4 is 0 Å². The van der Waals surface area contributed by atoms with E-state index in [2.05, 4.69) is 17.1 Å². The highest BCUT2D eigenvalue weighted by Gasteiger charge is 2.20. The summed E-state index contributed by atoms with van der Waals surface area (Å²) in [5.41, 5.74) is 6.39. The van der Waals surface area contributed by atoms with E-state index in [1.807, 2.05) is 56.5 Å². The van der Waals surface area contributed by atoms with E-state index >= 15 is 0 Å². The van der Waals surface area contributed by atoms with Crippen LogP contribution in [0.5, 0.6) is 5.88 Å². The summed E-state index contributed by atoms with van der Waals surface area (Å²) in [5, 5.41) is 12.1. The van der Waals surface area contributed by atoms with Crippen molar-refractivity contribution in [1.82, 2.24) is 4.57 Å². The first-order valence-corrected chi connectivity index (χ1v) is 10.6. The van der Waals surface area contributed by atoms with E-state index in [4.69, 9.17) is 0 Å². The smallest absolute Gasteiger partial charge is 0.206 e. The van der Waals surface area contributed by atoms with Crippen LogP contribution in [0.25, 0.3) is 16.6 Å². The predicted molar refractivity (Wildman–Crippen MR) is 126 cm³/mol. The average Bonchev–Trinajstić information content (AvgIpc) is 2.96. The fourth-order valence-corrected chi connectivity index (χ4v) is 3.98. The maximum absolute atomic E-state index is 12.2. The second kappa shape index (κ2) is 9.29. The quantitative estimate of drug-likeness (QED) is 0.498. The molecule has 0 aliphatic heterocycles. The van der Waals surface area contributed by atoms with Gasteiger partial charge in [-0.05, 0) is 75.9 Å². The molecule has 5 heteroatoms. The molecule has 0 radical (unpaired) electrons. The number of aromatic hydroxyl groups is 1. The summed E-state index contributed by atoms with van der Waals surface area (Å²) in [7, 11) is 0. The third-order valence-corrected chi connectivity index (χ3v) is 5.40. The van der Waals surface area contributed by atoms with Gasteiger partial charge in [0.15, 0.2) is 5.78 Å². The molecular weight excluding hydrogens is 388 g/mol. The van der Waals surface area contributed by atoms with Crippen LogP contribution in [0, 0.1) is 20.8 Å². The molecule has 0 amide bonds. The van der Waals surface area contributed by atoms with E-state index in [0.29, 0.717) is 30.5 Å². The molecule has 31 heavy (non-hydrogen) atoms. The molecule has 3 aromatic rings. The topological polar surface area (TPSA) is 71.7 Å². The molecule has 2 aromatic carbocycles. The van der Waals surface area contributed by atoms with Crippen molar-refractivity contribution in [3.05, 3.63) is 58.7 Å². The lowest BCUT2D eigenvalue weighted by Gasteiger charge is -2.10. The molecule has 5 nitrogen and oxygen atoms in total. The molecule has 0 atom stereocenters. The van der Waals surface area contributed by atoms with Crippen LogP contribution in [0.2, 0.25) is 0 Å². The highest BCUT2D eigenvalue weighted by Crippen LogP contribution is 2.36. The molecule has 1 heterocycles. The fourth-order valence-electron chi connectivity index (χ4n) is 3.98. The van der Waals surface area contributed by atoms with Crippen LogP contribution in [0.1, 0.15) is 55.4 Å². The Morgan fingerprint density at radius 3 is 2.26 bits per heavy atom. The molecule has 0 bridgehead atoms. The molecule has 0 aliphatic rings. The van der Waals surface area contributed by atoms with Gasteiger partial charge in [-0.1, -0.05) is 18.2 Å². The molecule has 0 saturated heterocycles. The largest absolute Gasteiger partial charge is 0.494 e. The number of ketones is 2. The fraction of sp³-hybridized carbons (Fsp3) is 0.346. The molecule has 0 aliphatic carbocycles. The van der Waals surface area contributed by atoms with Gasteiger partial charge in [-0.2, -0.15) is 0 Å². The molecular formula is C26H30N2O3. The molecule has 0 fully saturated rings. The van der Waals surface area contributed by atoms with Crippen molar-refractivity contribution in [2.24, 2.45) is 4.99 Å². The van der Waals surface area contributed by atoms with Gasteiger partial charge in [0.05, 0.1) is 17.6 Å². The van der Waals surface area contributed by atoms with E-state index in [-0.39, 0.29) is 24.0 Å². The molecule has 0 unspecified atom stereocenters. The normalized spacial score (nSPS) is 11.8. The number of rotatable bonds is 8. The summed E-state index contributed by atoms with van der Waals surface area (Å²) in [6.07, 6.45) is 1.31. The predicted octanol–water partition coefficient (Wildman–Crippen LogP) is 5.40. The Kier molecular flexibility index (Phi) is 6.74. The van der Waals surface area contributed by atoms with Gasteiger partial charge in [-0.15, -0.1) is 0 Å². The van der Waals surface area contributed by atoms with Crippen molar-refractivity contribution in [1.29, 1.82) is 0 Å². The van der Waals surface area contributed by atoms with Crippen molar-refractivity contribution in [2.45, 2.75) is 53.9 Å². The Bertz CT molecular complexity index is 1160. The number of benzene rings is 2. The Morgan fingerprint density at radius 1 is 0.935 bits per heavy atom. The third-order valence-electron chi connectivity index (χ3n) is 5.40. The zero-order chi connectivity index (χ0) is 22.7. The summed E-state index contributed by atoms with van der Waals surface area (Å²) < 4.78 is 1.85. The molecule has 1 N–H and O–H groups in total. The van der Waals surface area contributed by atoms with Crippen LogP contribution in [0.15, 0.2) is 41.4 Å². The van der Waals surface area contributed by atoms with Gasteiger partial charge in [0.25, 0.3) is 0 Å². The van der Waals surface area contributed by atoms with E-state index in [1.165, 1.54) is 6.92 Å². The summed E-state index contributed by atoms with van der Waals surface area (Å²) in [4.78, 5) is 27.7. The second-order valence-electron chi connectivity index (χ2n) is 8.40. The SMILES string of the molecule is CC(=O)CCCC(=O)CN=C(C)c1c(O)n(-c2cc(C)cc(C)c2)c2cc(C)ccc12. The molecule has 162 valence electrons. The third kappa shape index (κ3) is 5.10. The Balaban J connectivity index is 2.02. The summed E-state index contributed by atoms with van der Waals surface area (Å²) >= 11 is 0. The van der Waals surface area contributed by atoms with E-state index in [9.17, 15) is 14.7 Å². The Labute approximate surface area is 183 Å². The van der Waals surface area contributed by atoms with Gasteiger partial charge in [-0.25, -0.2) is 0 Å². The second-order valence-corrected chi connectivity index (χ2v) is 8.40. The number of aryl methyl sites for hydroxylation is 3. The minimum Gasteiger partial charge on any atom is -0.494 e. The van der Waals surface area contributed by atoms with Gasteiger partial charge in [0.2, 0.25) is 5.88 Å². The van der Waals surface area contributed by atoms with E-state index < -0.39 is 0 Å². The summed E-state index contributed by atoms with van der Waals surface area (Å²) in [6.45, 7) is 9.50. The lowest BCUT2D eigenvalue weighted by atomic mass is 10.1. The zero-order valence-corrected chi connectivity index (χ0v) is 19.0. The van der Waals surface area contributed by atoms with Crippen molar-refractivity contribution >= 4 is 28.2 Å². The van der Waals surface area contributed by atoms with Crippen LogP contribution in [-0.4, -0.2) is 33.5 Å². The number of carbonyl (C=O) groups excluding carboxylic acids is 2. The minimum atomic E-state index is -0.00557. The number of carbonyl (C=O) groups is 2. The Hall–Kier alpha value is -3.21. The number of fused-ring (bicyclic) bond motifs is 1. The van der Waals surface area contributed by atoms with E-state index in [1.54, 1.807) is 0 Å². The standard InChI is InChI=1S/C26H30N2O3/c1-16-9-10-23-24(14-16)28(21-12-17(2)11-18(3)13-21)26(31)25(23)20(5)27-15-22(30)8-6-7-19(4)29/h9-14,31H,6-8,15H2,1-5H3. The number of aromatic nitrogens is 1. The lowest BCUT2D eigenvalue weighted by Crippen LogP contribution is -2.06. The van der Waals surface area contributed by atoms with Crippen LogP contribution in [0.4, 0.5) is 0 Å². The minimum absolute atomic E-state index is 0.00557. The number of nitrogens with zero attached hydrogens (tertiary/aromatic N) is 2. The number of hydrogen-bond acceptors (Lipinski definition) is 4. The van der Waals surface area contributed by atoms with Gasteiger partial charge in [-0.3, -0.25) is 14.4 Å². The van der Waals surface area contributed by atoms with Gasteiger partial charge < -0.3 is 9.90 Å². The monoisotopic (exact) mass is 418 g/mol.